The van der Waals surface area contributed by atoms with Gasteiger partial charge >= 0.3 is 0 Å². The Balaban J connectivity index is 2.19. The molecule has 2 rings (SSSR count). The van der Waals surface area contributed by atoms with E-state index in [0.29, 0.717) is 11.1 Å². The van der Waals surface area contributed by atoms with Gasteiger partial charge in [-0.25, -0.2) is 13.2 Å². The van der Waals surface area contributed by atoms with Crippen LogP contribution in [-0.2, 0) is 6.54 Å². The van der Waals surface area contributed by atoms with E-state index in [0.717, 1.165) is 5.56 Å². The summed E-state index contributed by atoms with van der Waals surface area (Å²) in [6.07, 6.45) is 0. The normalized spacial score (nSPS) is 10.6. The molecular weight excluding hydrogens is 251 g/mol. The van der Waals surface area contributed by atoms with Gasteiger partial charge in [0, 0.05) is 6.54 Å². The summed E-state index contributed by atoms with van der Waals surface area (Å²) in [7, 11) is 0. The number of aryl methyl sites for hydroxylation is 2. The van der Waals surface area contributed by atoms with Crippen molar-refractivity contribution >= 4 is 5.69 Å². The van der Waals surface area contributed by atoms with E-state index >= 15 is 0 Å². The first-order chi connectivity index (χ1) is 8.99. The van der Waals surface area contributed by atoms with Gasteiger partial charge in [-0.3, -0.25) is 0 Å². The van der Waals surface area contributed by atoms with Crippen LogP contribution >= 0.6 is 0 Å². The van der Waals surface area contributed by atoms with E-state index in [4.69, 9.17) is 0 Å². The minimum Gasteiger partial charge on any atom is -0.376 e. The van der Waals surface area contributed by atoms with Gasteiger partial charge in [-0.05, 0) is 42.7 Å². The maximum absolute atomic E-state index is 13.7. The summed E-state index contributed by atoms with van der Waals surface area (Å²) in [6, 6.07) is 7.18. The van der Waals surface area contributed by atoms with Gasteiger partial charge in [0.25, 0.3) is 0 Å². The molecule has 0 amide bonds. The number of nitrogens with one attached hydrogen (secondary N) is 1. The van der Waals surface area contributed by atoms with Gasteiger partial charge in [0.15, 0.2) is 5.82 Å². The Morgan fingerprint density at radius 1 is 0.895 bits per heavy atom. The van der Waals surface area contributed by atoms with Crippen molar-refractivity contribution in [3.63, 3.8) is 0 Å². The van der Waals surface area contributed by atoms with E-state index in [9.17, 15) is 13.2 Å². The maximum Gasteiger partial charge on any atom is 0.152 e. The molecule has 0 aliphatic carbocycles. The largest absolute Gasteiger partial charge is 0.376 e. The topological polar surface area (TPSA) is 12.0 Å². The first-order valence-corrected chi connectivity index (χ1v) is 5.92. The third-order valence-electron chi connectivity index (χ3n) is 2.98. The van der Waals surface area contributed by atoms with Crippen molar-refractivity contribution < 1.29 is 13.2 Å². The minimum absolute atomic E-state index is 0.151. The Hall–Kier alpha value is -1.97. The predicted octanol–water partition coefficient (Wildman–Crippen LogP) is 4.33. The van der Waals surface area contributed by atoms with Crippen molar-refractivity contribution in [2.24, 2.45) is 0 Å². The molecule has 100 valence electrons. The van der Waals surface area contributed by atoms with Crippen LogP contribution in [0.4, 0.5) is 18.9 Å². The summed E-state index contributed by atoms with van der Waals surface area (Å²) in [5, 5.41) is 2.71. The minimum atomic E-state index is -0.637. The van der Waals surface area contributed by atoms with Crippen molar-refractivity contribution in [2.75, 3.05) is 5.32 Å². The molecular formula is C15H14F3N. The highest BCUT2D eigenvalue weighted by molar-refractivity contribution is 5.49. The third kappa shape index (κ3) is 2.89. The fourth-order valence-electron chi connectivity index (χ4n) is 1.83. The zero-order valence-corrected chi connectivity index (χ0v) is 10.7. The van der Waals surface area contributed by atoms with Crippen molar-refractivity contribution in [3.05, 3.63) is 64.5 Å². The zero-order chi connectivity index (χ0) is 14.0. The first kappa shape index (κ1) is 13.5. The Labute approximate surface area is 110 Å². The van der Waals surface area contributed by atoms with Gasteiger partial charge in [0.1, 0.15) is 17.3 Å². The molecule has 0 fully saturated rings. The number of hydrogen-bond acceptors (Lipinski definition) is 1. The Morgan fingerprint density at radius 2 is 1.58 bits per heavy atom. The van der Waals surface area contributed by atoms with Gasteiger partial charge in [0.2, 0.25) is 0 Å². The summed E-state index contributed by atoms with van der Waals surface area (Å²) < 4.78 is 40.4. The van der Waals surface area contributed by atoms with Crippen LogP contribution in [0.1, 0.15) is 16.7 Å². The molecule has 0 aliphatic rings. The van der Waals surface area contributed by atoms with Gasteiger partial charge in [-0.2, -0.15) is 0 Å². The highest BCUT2D eigenvalue weighted by atomic mass is 19.1. The highest BCUT2D eigenvalue weighted by Crippen LogP contribution is 2.22. The molecule has 0 saturated carbocycles. The summed E-state index contributed by atoms with van der Waals surface area (Å²) in [5.74, 6) is -1.53. The monoisotopic (exact) mass is 265 g/mol. The van der Waals surface area contributed by atoms with Crippen LogP contribution in [0.5, 0.6) is 0 Å². The van der Waals surface area contributed by atoms with Crippen LogP contribution in [0.3, 0.4) is 0 Å². The highest BCUT2D eigenvalue weighted by Gasteiger charge is 2.11. The fraction of sp³-hybridized carbons (Fsp3) is 0.200. The maximum atomic E-state index is 13.7. The summed E-state index contributed by atoms with van der Waals surface area (Å²) in [6.45, 7) is 3.45. The predicted molar refractivity (Wildman–Crippen MR) is 69.6 cm³/mol. The van der Waals surface area contributed by atoms with Crippen molar-refractivity contribution in [2.45, 2.75) is 20.4 Å². The van der Waals surface area contributed by atoms with Crippen LogP contribution in [0, 0.1) is 31.3 Å². The molecule has 2 aromatic carbocycles. The lowest BCUT2D eigenvalue weighted by molar-refractivity contribution is 0.582. The van der Waals surface area contributed by atoms with E-state index < -0.39 is 11.6 Å². The average molecular weight is 265 g/mol. The molecule has 0 saturated heterocycles. The first-order valence-electron chi connectivity index (χ1n) is 5.92. The molecule has 4 heteroatoms. The number of benzene rings is 2. The van der Waals surface area contributed by atoms with Crippen LogP contribution in [-0.4, -0.2) is 0 Å². The second kappa shape index (κ2) is 5.34. The van der Waals surface area contributed by atoms with Gasteiger partial charge in [-0.1, -0.05) is 18.2 Å². The van der Waals surface area contributed by atoms with Crippen molar-refractivity contribution in [1.82, 2.24) is 0 Å². The Morgan fingerprint density at radius 3 is 2.26 bits per heavy atom. The van der Waals surface area contributed by atoms with E-state index in [-0.39, 0.29) is 18.0 Å². The molecule has 0 spiro atoms. The molecule has 19 heavy (non-hydrogen) atoms. The Bertz CT molecular complexity index is 609. The van der Waals surface area contributed by atoms with Gasteiger partial charge in [-0.15, -0.1) is 0 Å². The van der Waals surface area contributed by atoms with E-state index in [2.05, 4.69) is 5.32 Å². The number of rotatable bonds is 3. The van der Waals surface area contributed by atoms with Crippen LogP contribution in [0.15, 0.2) is 30.3 Å². The zero-order valence-electron chi connectivity index (χ0n) is 10.7. The Kier molecular flexibility index (Phi) is 3.79. The molecule has 0 unspecified atom stereocenters. The molecule has 0 aliphatic heterocycles. The van der Waals surface area contributed by atoms with E-state index in [1.807, 2.05) is 0 Å². The number of hydrogen-bond donors (Lipinski definition) is 1. The molecule has 1 nitrogen and oxygen atoms in total. The number of anilines is 1. The lowest BCUT2D eigenvalue weighted by Crippen LogP contribution is -2.05. The summed E-state index contributed by atoms with van der Waals surface area (Å²) in [4.78, 5) is 0. The van der Waals surface area contributed by atoms with E-state index in [1.54, 1.807) is 26.0 Å². The quantitative estimate of drug-likeness (QED) is 0.870. The molecule has 0 bridgehead atoms. The van der Waals surface area contributed by atoms with E-state index in [1.165, 1.54) is 18.2 Å². The molecule has 0 radical (unpaired) electrons. The standard InChI is InChI=1S/C15H14F3N/c1-9-3-5-13(17)15(14(9)18)19-8-11-4-6-12(16)10(2)7-11/h3-7,19H,8H2,1-2H3. The molecule has 0 atom stereocenters. The smallest absolute Gasteiger partial charge is 0.152 e. The number of halogens is 3. The second-order valence-electron chi connectivity index (χ2n) is 4.49. The van der Waals surface area contributed by atoms with Crippen LogP contribution in [0.25, 0.3) is 0 Å². The van der Waals surface area contributed by atoms with Crippen molar-refractivity contribution in [1.29, 1.82) is 0 Å². The van der Waals surface area contributed by atoms with Crippen LogP contribution < -0.4 is 5.32 Å². The molecule has 1 N–H and O–H groups in total. The van der Waals surface area contributed by atoms with Gasteiger partial charge < -0.3 is 5.32 Å². The molecule has 0 aromatic heterocycles. The summed E-state index contributed by atoms with van der Waals surface area (Å²) in [5.41, 5.74) is 1.49. The third-order valence-corrected chi connectivity index (χ3v) is 2.98. The molecule has 0 heterocycles. The van der Waals surface area contributed by atoms with Crippen LogP contribution in [0.2, 0.25) is 0 Å². The summed E-state index contributed by atoms with van der Waals surface area (Å²) >= 11 is 0. The second-order valence-corrected chi connectivity index (χ2v) is 4.49. The van der Waals surface area contributed by atoms with Gasteiger partial charge in [0.05, 0.1) is 0 Å². The fourth-order valence-corrected chi connectivity index (χ4v) is 1.83. The van der Waals surface area contributed by atoms with Crippen molar-refractivity contribution in [3.8, 4) is 0 Å². The lowest BCUT2D eigenvalue weighted by Gasteiger charge is -2.11. The lowest BCUT2D eigenvalue weighted by atomic mass is 10.1. The average Bonchev–Trinajstić information content (AvgIpc) is 2.38. The molecule has 2 aromatic rings. The SMILES string of the molecule is Cc1cc(CNc2c(F)ccc(C)c2F)ccc1F.